The van der Waals surface area contributed by atoms with Crippen molar-refractivity contribution in [2.75, 3.05) is 6.61 Å². The summed E-state index contributed by atoms with van der Waals surface area (Å²) in [6.07, 6.45) is 4.60. The predicted molar refractivity (Wildman–Crippen MR) is 84.9 cm³/mol. The van der Waals surface area contributed by atoms with Crippen LogP contribution in [0.3, 0.4) is 0 Å². The number of imidazole rings is 1. The number of aromatic amines is 1. The van der Waals surface area contributed by atoms with Gasteiger partial charge >= 0.3 is 0 Å². The smallest absolute Gasteiger partial charge is 0.267 e. The van der Waals surface area contributed by atoms with Crippen molar-refractivity contribution >= 4 is 23.0 Å². The highest BCUT2D eigenvalue weighted by Gasteiger charge is 2.19. The molecule has 1 aromatic carbocycles. The van der Waals surface area contributed by atoms with Gasteiger partial charge in [0.05, 0.1) is 17.2 Å². The number of benzene rings is 1. The molecule has 1 atom stereocenters. The molecule has 0 fully saturated rings. The van der Waals surface area contributed by atoms with Crippen LogP contribution in [0.2, 0.25) is 0 Å². The van der Waals surface area contributed by atoms with E-state index in [0.717, 1.165) is 17.1 Å². The fraction of sp³-hybridized carbons (Fsp3) is 0.200. The lowest BCUT2D eigenvalue weighted by Crippen LogP contribution is -2.15. The van der Waals surface area contributed by atoms with E-state index in [9.17, 15) is 9.90 Å². The van der Waals surface area contributed by atoms with Crippen molar-refractivity contribution in [3.8, 4) is 0 Å². The van der Waals surface area contributed by atoms with E-state index in [0.29, 0.717) is 17.9 Å². The SMILES string of the molecule is O=C(C=Cc1cn(C(CCO)c2nc3ccccc3[nH]2)nn1)NO. The Hall–Kier alpha value is -3.04. The number of carbonyl (C=O) groups is 1. The molecule has 9 heteroatoms. The van der Waals surface area contributed by atoms with Crippen molar-refractivity contribution in [1.82, 2.24) is 30.4 Å². The number of hydrogen-bond acceptors (Lipinski definition) is 6. The number of nitrogens with zero attached hydrogens (tertiary/aromatic N) is 4. The van der Waals surface area contributed by atoms with E-state index in [1.165, 1.54) is 11.6 Å². The molecule has 0 aliphatic carbocycles. The first-order chi connectivity index (χ1) is 11.7. The molecule has 1 unspecified atom stereocenters. The van der Waals surface area contributed by atoms with Gasteiger partial charge in [0, 0.05) is 19.1 Å². The summed E-state index contributed by atoms with van der Waals surface area (Å²) in [5, 5.41) is 25.8. The number of amides is 1. The molecule has 3 aromatic rings. The summed E-state index contributed by atoms with van der Waals surface area (Å²) >= 11 is 0. The minimum atomic E-state index is -0.659. The van der Waals surface area contributed by atoms with Crippen LogP contribution in [-0.4, -0.2) is 47.8 Å². The molecule has 0 bridgehead atoms. The average molecular weight is 328 g/mol. The van der Waals surface area contributed by atoms with Gasteiger partial charge in [0.2, 0.25) is 0 Å². The third-order valence-corrected chi connectivity index (χ3v) is 3.49. The molecule has 0 spiro atoms. The van der Waals surface area contributed by atoms with E-state index in [2.05, 4.69) is 20.3 Å². The van der Waals surface area contributed by atoms with E-state index in [4.69, 9.17) is 5.21 Å². The van der Waals surface area contributed by atoms with Crippen LogP contribution in [-0.2, 0) is 4.79 Å². The first kappa shape index (κ1) is 15.8. The van der Waals surface area contributed by atoms with Gasteiger partial charge in [-0.15, -0.1) is 5.10 Å². The number of aliphatic hydroxyl groups is 1. The number of hydroxylamine groups is 1. The lowest BCUT2D eigenvalue weighted by molar-refractivity contribution is -0.124. The van der Waals surface area contributed by atoms with Crippen LogP contribution < -0.4 is 5.48 Å². The topological polar surface area (TPSA) is 129 Å². The van der Waals surface area contributed by atoms with E-state index < -0.39 is 5.91 Å². The van der Waals surface area contributed by atoms with Crippen molar-refractivity contribution in [2.45, 2.75) is 12.5 Å². The number of para-hydroxylation sites is 2. The van der Waals surface area contributed by atoms with Crippen molar-refractivity contribution < 1.29 is 15.1 Å². The van der Waals surface area contributed by atoms with E-state index >= 15 is 0 Å². The number of aliphatic hydroxyl groups excluding tert-OH is 1. The zero-order valence-corrected chi connectivity index (χ0v) is 12.6. The molecule has 0 saturated heterocycles. The van der Waals surface area contributed by atoms with Gasteiger partial charge in [-0.05, 0) is 18.2 Å². The maximum Gasteiger partial charge on any atom is 0.267 e. The fourth-order valence-electron chi connectivity index (χ4n) is 2.36. The van der Waals surface area contributed by atoms with Gasteiger partial charge in [-0.25, -0.2) is 15.1 Å². The Morgan fingerprint density at radius 1 is 1.42 bits per heavy atom. The van der Waals surface area contributed by atoms with E-state index in [1.54, 1.807) is 10.9 Å². The molecule has 2 heterocycles. The van der Waals surface area contributed by atoms with Crippen LogP contribution in [0, 0.1) is 0 Å². The number of hydrogen-bond donors (Lipinski definition) is 4. The van der Waals surface area contributed by atoms with Crippen molar-refractivity contribution in [1.29, 1.82) is 0 Å². The average Bonchev–Trinajstić information content (AvgIpc) is 3.24. The van der Waals surface area contributed by atoms with Crippen molar-refractivity contribution in [3.63, 3.8) is 0 Å². The van der Waals surface area contributed by atoms with Gasteiger partial charge in [-0.3, -0.25) is 10.0 Å². The molecule has 0 aliphatic heterocycles. The summed E-state index contributed by atoms with van der Waals surface area (Å²) in [4.78, 5) is 18.8. The summed E-state index contributed by atoms with van der Waals surface area (Å²) in [5.74, 6) is 0.00697. The Labute approximate surface area is 136 Å². The second-order valence-electron chi connectivity index (χ2n) is 5.10. The lowest BCUT2D eigenvalue weighted by Gasteiger charge is -2.12. The summed E-state index contributed by atoms with van der Waals surface area (Å²) in [6, 6.07) is 7.32. The number of nitrogens with one attached hydrogen (secondary N) is 2. The van der Waals surface area contributed by atoms with Gasteiger partial charge in [0.25, 0.3) is 5.91 Å². The lowest BCUT2D eigenvalue weighted by atomic mass is 10.2. The number of rotatable bonds is 6. The van der Waals surface area contributed by atoms with Crippen LogP contribution in [0.25, 0.3) is 17.1 Å². The molecule has 9 nitrogen and oxygen atoms in total. The highest BCUT2D eigenvalue weighted by molar-refractivity contribution is 5.90. The van der Waals surface area contributed by atoms with Crippen LogP contribution in [0.15, 0.2) is 36.5 Å². The zero-order valence-electron chi connectivity index (χ0n) is 12.6. The van der Waals surface area contributed by atoms with Gasteiger partial charge in [-0.2, -0.15) is 0 Å². The maximum atomic E-state index is 11.0. The molecule has 3 rings (SSSR count). The molecule has 0 saturated carbocycles. The van der Waals surface area contributed by atoms with E-state index in [-0.39, 0.29) is 12.6 Å². The monoisotopic (exact) mass is 328 g/mol. The largest absolute Gasteiger partial charge is 0.396 e. The molecule has 24 heavy (non-hydrogen) atoms. The summed E-state index contributed by atoms with van der Waals surface area (Å²) in [6.45, 7) is -0.0420. The minimum Gasteiger partial charge on any atom is -0.396 e. The Morgan fingerprint density at radius 2 is 2.25 bits per heavy atom. The molecule has 124 valence electrons. The normalized spacial score (nSPS) is 12.8. The third kappa shape index (κ3) is 3.31. The fourth-order valence-corrected chi connectivity index (χ4v) is 2.36. The van der Waals surface area contributed by atoms with Crippen molar-refractivity contribution in [2.24, 2.45) is 0 Å². The summed E-state index contributed by atoms with van der Waals surface area (Å²) in [5.41, 5.74) is 3.67. The molecular formula is C15H16N6O3. The minimum absolute atomic E-state index is 0.0420. The molecular weight excluding hydrogens is 312 g/mol. The third-order valence-electron chi connectivity index (χ3n) is 3.49. The Kier molecular flexibility index (Phi) is 4.64. The molecule has 0 aliphatic rings. The first-order valence-corrected chi connectivity index (χ1v) is 7.30. The Morgan fingerprint density at radius 3 is 3.00 bits per heavy atom. The summed E-state index contributed by atoms with van der Waals surface area (Å²) < 4.78 is 1.57. The standard InChI is InChI=1S/C15H16N6O3/c22-8-7-13(15-16-11-3-1-2-4-12(11)17-15)21-9-10(18-20-21)5-6-14(23)19-24/h1-6,9,13,22,24H,7-8H2,(H,16,17)(H,19,23). The van der Waals surface area contributed by atoms with Crippen LogP contribution in [0.4, 0.5) is 0 Å². The van der Waals surface area contributed by atoms with Crippen LogP contribution in [0.1, 0.15) is 24.0 Å². The van der Waals surface area contributed by atoms with Crippen LogP contribution >= 0.6 is 0 Å². The number of carbonyl (C=O) groups excluding carboxylic acids is 1. The first-order valence-electron chi connectivity index (χ1n) is 7.30. The highest BCUT2D eigenvalue weighted by Crippen LogP contribution is 2.21. The quantitative estimate of drug-likeness (QED) is 0.299. The van der Waals surface area contributed by atoms with E-state index in [1.807, 2.05) is 24.3 Å². The highest BCUT2D eigenvalue weighted by atomic mass is 16.5. The van der Waals surface area contributed by atoms with Gasteiger partial charge in [0.15, 0.2) is 0 Å². The second kappa shape index (κ2) is 7.02. The van der Waals surface area contributed by atoms with Gasteiger partial charge in [-0.1, -0.05) is 17.3 Å². The maximum absolute atomic E-state index is 11.0. The van der Waals surface area contributed by atoms with Crippen LogP contribution in [0.5, 0.6) is 0 Å². The number of H-pyrrole nitrogens is 1. The zero-order chi connectivity index (χ0) is 16.9. The predicted octanol–water partition coefficient (Wildman–Crippen LogP) is 0.645. The summed E-state index contributed by atoms with van der Waals surface area (Å²) in [7, 11) is 0. The van der Waals surface area contributed by atoms with Gasteiger partial charge in [0.1, 0.15) is 17.6 Å². The number of fused-ring (bicyclic) bond motifs is 1. The Balaban J connectivity index is 1.89. The van der Waals surface area contributed by atoms with Crippen molar-refractivity contribution in [3.05, 3.63) is 48.1 Å². The molecule has 0 radical (unpaired) electrons. The Bertz CT molecular complexity index is 836. The number of aromatic nitrogens is 5. The molecule has 2 aromatic heterocycles. The molecule has 1 amide bonds. The van der Waals surface area contributed by atoms with Gasteiger partial charge < -0.3 is 10.1 Å². The second-order valence-corrected chi connectivity index (χ2v) is 5.10. The molecule has 4 N–H and O–H groups in total.